The normalized spacial score (nSPS) is 14.1. The molecule has 0 aromatic heterocycles. The highest BCUT2D eigenvalue weighted by Crippen LogP contribution is 2.13. The molecule has 0 bridgehead atoms. The Balaban J connectivity index is 2.68. The Morgan fingerprint density at radius 1 is 1.71 bits per heavy atom. The molecular weight excluding hydrogens is 124 g/mol. The molecule has 0 radical (unpaired) electrons. The first-order valence-electron chi connectivity index (χ1n) is 2.57. The lowest BCUT2D eigenvalue weighted by Crippen LogP contribution is -1.83. The van der Waals surface area contributed by atoms with Crippen LogP contribution in [0.15, 0.2) is 0 Å². The number of rotatable bonds is 3. The molecule has 1 atom stereocenters. The third-order valence-electron chi connectivity index (χ3n) is 0.563. The summed E-state index contributed by atoms with van der Waals surface area (Å²) in [5.41, 5.74) is 0. The molecular formula is C5H12S2. The minimum absolute atomic E-state index is 0.514. The number of thioether (sulfide) groups is 1. The van der Waals surface area contributed by atoms with Gasteiger partial charge in [-0.25, -0.2) is 0 Å². The van der Waals surface area contributed by atoms with Crippen molar-refractivity contribution in [1.82, 2.24) is 0 Å². The van der Waals surface area contributed by atoms with Crippen molar-refractivity contribution < 1.29 is 0 Å². The lowest BCUT2D eigenvalue weighted by atomic mass is 10.6. The average Bonchev–Trinajstić information content (AvgIpc) is 1.61. The molecule has 0 amide bonds. The SMILES string of the molecule is CCCS[C@@H](C)S. The van der Waals surface area contributed by atoms with Crippen LogP contribution in [0.3, 0.4) is 0 Å². The van der Waals surface area contributed by atoms with E-state index in [4.69, 9.17) is 0 Å². The van der Waals surface area contributed by atoms with E-state index in [1.807, 2.05) is 11.8 Å². The minimum atomic E-state index is 0.514. The van der Waals surface area contributed by atoms with Gasteiger partial charge in [0.2, 0.25) is 0 Å². The van der Waals surface area contributed by atoms with Gasteiger partial charge in [-0.1, -0.05) is 6.92 Å². The van der Waals surface area contributed by atoms with Crippen LogP contribution < -0.4 is 0 Å². The highest BCUT2D eigenvalue weighted by Gasteiger charge is 1.89. The summed E-state index contributed by atoms with van der Waals surface area (Å²) in [7, 11) is 0. The smallest absolute Gasteiger partial charge is 0.0444 e. The van der Waals surface area contributed by atoms with Crippen LogP contribution in [0.25, 0.3) is 0 Å². The van der Waals surface area contributed by atoms with Gasteiger partial charge in [0.15, 0.2) is 0 Å². The van der Waals surface area contributed by atoms with E-state index in [0.717, 1.165) is 0 Å². The lowest BCUT2D eigenvalue weighted by molar-refractivity contribution is 1.10. The molecule has 44 valence electrons. The second kappa shape index (κ2) is 4.85. The summed E-state index contributed by atoms with van der Waals surface area (Å²) in [6, 6.07) is 0. The number of hydrogen-bond donors (Lipinski definition) is 1. The van der Waals surface area contributed by atoms with Crippen molar-refractivity contribution in [3.05, 3.63) is 0 Å². The van der Waals surface area contributed by atoms with Gasteiger partial charge in [-0.2, -0.15) is 12.6 Å². The summed E-state index contributed by atoms with van der Waals surface area (Å²) in [5, 5.41) is 0. The Morgan fingerprint density at radius 3 is 2.43 bits per heavy atom. The summed E-state index contributed by atoms with van der Waals surface area (Å²) in [5.74, 6) is 1.24. The van der Waals surface area contributed by atoms with Crippen molar-refractivity contribution in [2.45, 2.75) is 24.9 Å². The van der Waals surface area contributed by atoms with Crippen molar-refractivity contribution in [3.8, 4) is 0 Å². The molecule has 0 heterocycles. The Morgan fingerprint density at radius 2 is 2.29 bits per heavy atom. The van der Waals surface area contributed by atoms with E-state index in [2.05, 4.69) is 26.5 Å². The second-order valence-electron chi connectivity index (χ2n) is 1.47. The van der Waals surface area contributed by atoms with Crippen LogP contribution in [-0.2, 0) is 0 Å². The second-order valence-corrected chi connectivity index (χ2v) is 4.04. The molecule has 0 aliphatic heterocycles. The van der Waals surface area contributed by atoms with Crippen LogP contribution in [0, 0.1) is 0 Å². The summed E-state index contributed by atoms with van der Waals surface area (Å²) < 4.78 is 0.514. The molecule has 0 aliphatic carbocycles. The molecule has 0 rings (SSSR count). The number of hydrogen-bond acceptors (Lipinski definition) is 2. The first-order chi connectivity index (χ1) is 3.27. The summed E-state index contributed by atoms with van der Waals surface area (Å²) in [4.78, 5) is 0. The fraction of sp³-hybridized carbons (Fsp3) is 1.00. The Hall–Kier alpha value is 0.700. The molecule has 0 spiro atoms. The fourth-order valence-electron chi connectivity index (χ4n) is 0.288. The molecule has 7 heavy (non-hydrogen) atoms. The molecule has 0 fully saturated rings. The van der Waals surface area contributed by atoms with Crippen LogP contribution in [0.5, 0.6) is 0 Å². The zero-order valence-electron chi connectivity index (χ0n) is 4.85. The van der Waals surface area contributed by atoms with Gasteiger partial charge in [-0.05, 0) is 19.1 Å². The van der Waals surface area contributed by atoms with Crippen molar-refractivity contribution in [1.29, 1.82) is 0 Å². The highest BCUT2D eigenvalue weighted by atomic mass is 32.2. The minimum Gasteiger partial charge on any atom is -0.165 e. The molecule has 0 aromatic carbocycles. The summed E-state index contributed by atoms with van der Waals surface area (Å²) in [6.07, 6.45) is 1.26. The number of thiol groups is 1. The molecule has 0 aliphatic rings. The highest BCUT2D eigenvalue weighted by molar-refractivity contribution is 8.10. The molecule has 0 saturated carbocycles. The van der Waals surface area contributed by atoms with Gasteiger partial charge in [0.25, 0.3) is 0 Å². The van der Waals surface area contributed by atoms with Gasteiger partial charge in [-0.3, -0.25) is 0 Å². The van der Waals surface area contributed by atoms with Crippen LogP contribution in [0.4, 0.5) is 0 Å². The maximum absolute atomic E-state index is 4.20. The summed E-state index contributed by atoms with van der Waals surface area (Å²) in [6.45, 7) is 4.28. The maximum Gasteiger partial charge on any atom is 0.0444 e. The fourth-order valence-corrected chi connectivity index (χ4v) is 1.18. The first-order valence-corrected chi connectivity index (χ1v) is 4.13. The Kier molecular flexibility index (Phi) is 5.33. The van der Waals surface area contributed by atoms with Crippen LogP contribution >= 0.6 is 24.4 Å². The van der Waals surface area contributed by atoms with E-state index in [1.54, 1.807) is 0 Å². The van der Waals surface area contributed by atoms with Crippen molar-refractivity contribution in [2.24, 2.45) is 0 Å². The topological polar surface area (TPSA) is 0 Å². The predicted molar refractivity (Wildman–Crippen MR) is 41.2 cm³/mol. The zero-order valence-corrected chi connectivity index (χ0v) is 6.56. The monoisotopic (exact) mass is 136 g/mol. The molecule has 2 heteroatoms. The molecule has 0 N–H and O–H groups in total. The van der Waals surface area contributed by atoms with E-state index >= 15 is 0 Å². The zero-order chi connectivity index (χ0) is 5.70. The van der Waals surface area contributed by atoms with Crippen molar-refractivity contribution in [2.75, 3.05) is 5.75 Å². The molecule has 0 nitrogen and oxygen atoms in total. The maximum atomic E-state index is 4.20. The van der Waals surface area contributed by atoms with Crippen molar-refractivity contribution >= 4 is 24.4 Å². The van der Waals surface area contributed by atoms with E-state index < -0.39 is 0 Å². The van der Waals surface area contributed by atoms with Gasteiger partial charge in [0.1, 0.15) is 0 Å². The first kappa shape index (κ1) is 7.70. The third-order valence-corrected chi connectivity index (χ3v) is 2.14. The van der Waals surface area contributed by atoms with E-state index in [-0.39, 0.29) is 0 Å². The van der Waals surface area contributed by atoms with Gasteiger partial charge in [0.05, 0.1) is 0 Å². The van der Waals surface area contributed by atoms with Gasteiger partial charge < -0.3 is 0 Å². The lowest BCUT2D eigenvalue weighted by Gasteiger charge is -1.98. The third kappa shape index (κ3) is 6.70. The predicted octanol–water partition coefficient (Wildman–Crippen LogP) is 2.41. The molecule has 0 unspecified atom stereocenters. The molecule has 0 aromatic rings. The van der Waals surface area contributed by atoms with E-state index in [1.165, 1.54) is 12.2 Å². The Labute approximate surface area is 55.5 Å². The van der Waals surface area contributed by atoms with Gasteiger partial charge >= 0.3 is 0 Å². The van der Waals surface area contributed by atoms with E-state index in [9.17, 15) is 0 Å². The van der Waals surface area contributed by atoms with Crippen molar-refractivity contribution in [3.63, 3.8) is 0 Å². The van der Waals surface area contributed by atoms with Crippen LogP contribution in [-0.4, -0.2) is 10.3 Å². The summed E-state index contributed by atoms with van der Waals surface area (Å²) >= 11 is 6.09. The van der Waals surface area contributed by atoms with Gasteiger partial charge in [0, 0.05) is 4.58 Å². The average molecular weight is 136 g/mol. The van der Waals surface area contributed by atoms with E-state index in [0.29, 0.717) is 4.58 Å². The largest absolute Gasteiger partial charge is 0.165 e. The quantitative estimate of drug-likeness (QED) is 0.459. The van der Waals surface area contributed by atoms with Gasteiger partial charge in [-0.15, -0.1) is 11.8 Å². The standard InChI is InChI=1S/C5H12S2/c1-3-4-7-5(2)6/h5-6H,3-4H2,1-2H3/t5-/m0/s1. The molecule has 0 saturated heterocycles. The van der Waals surface area contributed by atoms with Crippen LogP contribution in [0.1, 0.15) is 20.3 Å². The Bertz CT molecular complexity index is 35.1. The van der Waals surface area contributed by atoms with Crippen LogP contribution in [0.2, 0.25) is 0 Å².